The Kier molecular flexibility index (Phi) is 3.22. The Morgan fingerprint density at radius 3 is 3.15 bits per heavy atom. The van der Waals surface area contributed by atoms with Gasteiger partial charge in [-0.3, -0.25) is 4.79 Å². The quantitative estimate of drug-likeness (QED) is 0.912. The van der Waals surface area contributed by atoms with Crippen LogP contribution >= 0.6 is 0 Å². The lowest BCUT2D eigenvalue weighted by Gasteiger charge is -2.39. The molecule has 0 spiro atoms. The zero-order valence-electron chi connectivity index (χ0n) is 11.8. The van der Waals surface area contributed by atoms with E-state index < -0.39 is 0 Å². The van der Waals surface area contributed by atoms with E-state index in [9.17, 15) is 4.79 Å². The smallest absolute Gasteiger partial charge is 0.254 e. The van der Waals surface area contributed by atoms with E-state index in [4.69, 9.17) is 4.74 Å². The molecule has 5 nitrogen and oxygen atoms in total. The minimum atomic E-state index is -0.230. The molecule has 1 aromatic carbocycles. The first-order valence-electron chi connectivity index (χ1n) is 6.89. The van der Waals surface area contributed by atoms with Crippen LogP contribution in [0, 0.1) is 0 Å². The summed E-state index contributed by atoms with van der Waals surface area (Å²) in [5, 5.41) is 0. The molecule has 0 aliphatic carbocycles. The van der Waals surface area contributed by atoms with Crippen LogP contribution in [0.5, 0.6) is 0 Å². The zero-order chi connectivity index (χ0) is 14.2. The van der Waals surface area contributed by atoms with Crippen LogP contribution in [0.3, 0.4) is 0 Å². The van der Waals surface area contributed by atoms with Crippen LogP contribution in [-0.2, 0) is 4.74 Å². The summed E-state index contributed by atoms with van der Waals surface area (Å²) in [5.41, 5.74) is 2.23. The van der Waals surface area contributed by atoms with Gasteiger partial charge >= 0.3 is 0 Å². The number of fused-ring (bicyclic) bond motifs is 1. The van der Waals surface area contributed by atoms with Crippen molar-refractivity contribution in [3.63, 3.8) is 0 Å². The number of likely N-dealkylation sites (tertiary alicyclic amines) is 1. The number of nitrogens with one attached hydrogen (secondary N) is 1. The average molecular weight is 273 g/mol. The van der Waals surface area contributed by atoms with Gasteiger partial charge < -0.3 is 14.6 Å². The van der Waals surface area contributed by atoms with Gasteiger partial charge in [0.05, 0.1) is 23.0 Å². The molecule has 1 unspecified atom stereocenters. The van der Waals surface area contributed by atoms with Crippen molar-refractivity contribution in [2.45, 2.75) is 25.4 Å². The van der Waals surface area contributed by atoms with E-state index in [0.717, 1.165) is 30.4 Å². The molecule has 1 amide bonds. The molecule has 20 heavy (non-hydrogen) atoms. The predicted octanol–water partition coefficient (Wildman–Crippen LogP) is 2.20. The Morgan fingerprint density at radius 1 is 1.50 bits per heavy atom. The van der Waals surface area contributed by atoms with Crippen LogP contribution in [0.15, 0.2) is 24.5 Å². The molecule has 1 N–H and O–H groups in total. The topological polar surface area (TPSA) is 58.2 Å². The average Bonchev–Trinajstić information content (AvgIpc) is 2.94. The molecule has 106 valence electrons. The van der Waals surface area contributed by atoms with Crippen molar-refractivity contribution >= 4 is 16.9 Å². The predicted molar refractivity (Wildman–Crippen MR) is 76.6 cm³/mol. The summed E-state index contributed by atoms with van der Waals surface area (Å²) in [6, 6.07) is 5.58. The zero-order valence-corrected chi connectivity index (χ0v) is 11.8. The SMILES string of the molecule is COC1(C)CCCN(C(=O)c2ccc3nc[nH]c3c2)C1. The Labute approximate surface area is 117 Å². The Hall–Kier alpha value is -1.88. The highest BCUT2D eigenvalue weighted by molar-refractivity contribution is 5.97. The van der Waals surface area contributed by atoms with E-state index in [-0.39, 0.29) is 11.5 Å². The van der Waals surface area contributed by atoms with Gasteiger partial charge in [-0.05, 0) is 38.0 Å². The fraction of sp³-hybridized carbons (Fsp3) is 0.467. The fourth-order valence-electron chi connectivity index (χ4n) is 2.80. The van der Waals surface area contributed by atoms with Gasteiger partial charge in [0.25, 0.3) is 5.91 Å². The molecular weight excluding hydrogens is 254 g/mol. The summed E-state index contributed by atoms with van der Waals surface area (Å²) in [5.74, 6) is 0.0597. The Balaban J connectivity index is 1.84. The number of imidazole rings is 1. The van der Waals surface area contributed by atoms with Gasteiger partial charge in [0.1, 0.15) is 0 Å². The number of carbonyl (C=O) groups excluding carboxylic acids is 1. The maximum atomic E-state index is 12.6. The molecule has 1 fully saturated rings. The third kappa shape index (κ3) is 2.29. The summed E-state index contributed by atoms with van der Waals surface area (Å²) in [6.45, 7) is 3.49. The fourth-order valence-corrected chi connectivity index (χ4v) is 2.80. The minimum Gasteiger partial charge on any atom is -0.377 e. The van der Waals surface area contributed by atoms with Crippen molar-refractivity contribution in [3.8, 4) is 0 Å². The number of methoxy groups -OCH3 is 1. The number of amides is 1. The maximum absolute atomic E-state index is 12.6. The van der Waals surface area contributed by atoms with Crippen molar-refractivity contribution in [3.05, 3.63) is 30.1 Å². The number of hydrogen-bond donors (Lipinski definition) is 1. The second-order valence-electron chi connectivity index (χ2n) is 5.62. The molecule has 2 heterocycles. The molecule has 2 aromatic rings. The van der Waals surface area contributed by atoms with Gasteiger partial charge in [-0.25, -0.2) is 4.98 Å². The molecule has 1 aliphatic rings. The van der Waals surface area contributed by atoms with E-state index >= 15 is 0 Å². The van der Waals surface area contributed by atoms with Crippen molar-refractivity contribution in [1.82, 2.24) is 14.9 Å². The molecule has 1 aliphatic heterocycles. The van der Waals surface area contributed by atoms with E-state index in [1.807, 2.05) is 23.1 Å². The number of aromatic nitrogens is 2. The minimum absolute atomic E-state index is 0.0597. The van der Waals surface area contributed by atoms with E-state index in [0.29, 0.717) is 12.1 Å². The van der Waals surface area contributed by atoms with Crippen LogP contribution in [0.2, 0.25) is 0 Å². The van der Waals surface area contributed by atoms with E-state index in [2.05, 4.69) is 16.9 Å². The molecule has 1 saturated heterocycles. The molecule has 3 rings (SSSR count). The summed E-state index contributed by atoms with van der Waals surface area (Å²) < 4.78 is 5.54. The number of piperidine rings is 1. The van der Waals surface area contributed by atoms with Gasteiger partial charge in [0, 0.05) is 25.8 Å². The standard InChI is InChI=1S/C15H19N3O2/c1-15(20-2)6-3-7-18(9-15)14(19)11-4-5-12-13(8-11)17-10-16-12/h4-5,8,10H,3,6-7,9H2,1-2H3,(H,16,17). The first-order chi connectivity index (χ1) is 9.61. The van der Waals surface area contributed by atoms with Crippen LogP contribution < -0.4 is 0 Å². The first-order valence-corrected chi connectivity index (χ1v) is 6.89. The summed E-state index contributed by atoms with van der Waals surface area (Å²) in [7, 11) is 1.71. The molecule has 1 atom stereocenters. The number of benzene rings is 1. The highest BCUT2D eigenvalue weighted by Crippen LogP contribution is 2.25. The van der Waals surface area contributed by atoms with Gasteiger partial charge in [0.2, 0.25) is 0 Å². The van der Waals surface area contributed by atoms with Crippen molar-refractivity contribution in [1.29, 1.82) is 0 Å². The molecule has 5 heteroatoms. The van der Waals surface area contributed by atoms with Crippen molar-refractivity contribution in [2.24, 2.45) is 0 Å². The number of carbonyl (C=O) groups is 1. The molecule has 0 bridgehead atoms. The maximum Gasteiger partial charge on any atom is 0.254 e. The third-order valence-corrected chi connectivity index (χ3v) is 4.11. The first kappa shape index (κ1) is 13.1. The van der Waals surface area contributed by atoms with Gasteiger partial charge in [-0.1, -0.05) is 0 Å². The number of nitrogens with zero attached hydrogens (tertiary/aromatic N) is 2. The summed E-state index contributed by atoms with van der Waals surface area (Å²) in [6.07, 6.45) is 3.61. The number of ether oxygens (including phenoxy) is 1. The van der Waals surface area contributed by atoms with Gasteiger partial charge in [0.15, 0.2) is 0 Å². The Bertz CT molecular complexity index is 637. The number of rotatable bonds is 2. The normalized spacial score (nSPS) is 23.2. The molecule has 1 aromatic heterocycles. The lowest BCUT2D eigenvalue weighted by molar-refractivity contribution is -0.0440. The highest BCUT2D eigenvalue weighted by Gasteiger charge is 2.33. The summed E-state index contributed by atoms with van der Waals surface area (Å²) in [4.78, 5) is 21.7. The summed E-state index contributed by atoms with van der Waals surface area (Å²) >= 11 is 0. The lowest BCUT2D eigenvalue weighted by Crippen LogP contribution is -2.49. The van der Waals surface area contributed by atoms with E-state index in [1.165, 1.54) is 0 Å². The molecule has 0 radical (unpaired) electrons. The highest BCUT2D eigenvalue weighted by atomic mass is 16.5. The monoisotopic (exact) mass is 273 g/mol. The number of hydrogen-bond acceptors (Lipinski definition) is 3. The largest absolute Gasteiger partial charge is 0.377 e. The molecule has 0 saturated carbocycles. The van der Waals surface area contributed by atoms with E-state index in [1.54, 1.807) is 13.4 Å². The van der Waals surface area contributed by atoms with Crippen molar-refractivity contribution < 1.29 is 9.53 Å². The second-order valence-corrected chi connectivity index (χ2v) is 5.62. The van der Waals surface area contributed by atoms with Crippen LogP contribution in [0.25, 0.3) is 11.0 Å². The van der Waals surface area contributed by atoms with Gasteiger partial charge in [-0.2, -0.15) is 0 Å². The number of H-pyrrole nitrogens is 1. The van der Waals surface area contributed by atoms with Gasteiger partial charge in [-0.15, -0.1) is 0 Å². The second kappa shape index (κ2) is 4.90. The van der Waals surface area contributed by atoms with Crippen molar-refractivity contribution in [2.75, 3.05) is 20.2 Å². The third-order valence-electron chi connectivity index (χ3n) is 4.11. The molecular formula is C15H19N3O2. The van der Waals surface area contributed by atoms with Crippen LogP contribution in [-0.4, -0.2) is 46.6 Å². The Morgan fingerprint density at radius 2 is 2.35 bits per heavy atom. The van der Waals surface area contributed by atoms with Crippen LogP contribution in [0.4, 0.5) is 0 Å². The lowest BCUT2D eigenvalue weighted by atomic mass is 9.94. The number of aromatic amines is 1. The van der Waals surface area contributed by atoms with Crippen LogP contribution in [0.1, 0.15) is 30.1 Å².